The minimum absolute atomic E-state index is 0. The van der Waals surface area contributed by atoms with Crippen molar-refractivity contribution in [3.63, 3.8) is 0 Å². The molecule has 34 heavy (non-hydrogen) atoms. The van der Waals surface area contributed by atoms with Crippen LogP contribution in [0.2, 0.25) is 0 Å². The largest absolute Gasteiger partial charge is 0.325 e. The molecule has 184 valence electrons. The summed E-state index contributed by atoms with van der Waals surface area (Å²) in [5.41, 5.74) is 7.27. The molecule has 4 rings (SSSR count). The molecule has 2 aliphatic heterocycles. The number of hydrogen-bond donors (Lipinski definition) is 2. The summed E-state index contributed by atoms with van der Waals surface area (Å²) < 4.78 is 23.3. The lowest BCUT2D eigenvalue weighted by molar-refractivity contribution is -0.133. The minimum atomic E-state index is -3.29. The van der Waals surface area contributed by atoms with Gasteiger partial charge in [0.05, 0.1) is 11.4 Å². The van der Waals surface area contributed by atoms with Crippen molar-refractivity contribution in [3.8, 4) is 0 Å². The Balaban J connectivity index is 0.00000324. The molecule has 1 spiro atoms. The standard InChI is InChI=1S/C24H30N4O4S.ClH/c1-33(31,32)20-9-7-18(8-10-20)17-28-22(29)24(26-23(28)30)12-15-27(16-13-24)14-11-21(25)19-5-3-2-4-6-19;/h2-10,21H,11-17,25H2,1H3,(H,26,30);1H/t21-;/m0./s1. The summed E-state index contributed by atoms with van der Waals surface area (Å²) >= 11 is 0. The van der Waals surface area contributed by atoms with E-state index < -0.39 is 21.4 Å². The first-order valence-electron chi connectivity index (χ1n) is 11.1. The van der Waals surface area contributed by atoms with Crippen LogP contribution in [0, 0.1) is 0 Å². The summed E-state index contributed by atoms with van der Waals surface area (Å²) in [7, 11) is -3.29. The van der Waals surface area contributed by atoms with E-state index in [1.165, 1.54) is 17.0 Å². The highest BCUT2D eigenvalue weighted by Crippen LogP contribution is 2.31. The van der Waals surface area contributed by atoms with E-state index >= 15 is 0 Å². The monoisotopic (exact) mass is 506 g/mol. The summed E-state index contributed by atoms with van der Waals surface area (Å²) in [6, 6.07) is 15.9. The number of nitrogens with two attached hydrogens (primary N) is 1. The molecule has 3 N–H and O–H groups in total. The third kappa shape index (κ3) is 5.60. The first-order valence-corrected chi connectivity index (χ1v) is 13.0. The van der Waals surface area contributed by atoms with E-state index in [0.717, 1.165) is 24.8 Å². The number of piperidine rings is 1. The number of halogens is 1. The van der Waals surface area contributed by atoms with Crippen molar-refractivity contribution >= 4 is 34.2 Å². The van der Waals surface area contributed by atoms with Crippen molar-refractivity contribution in [2.45, 2.75) is 42.3 Å². The molecule has 2 heterocycles. The first-order chi connectivity index (χ1) is 15.7. The van der Waals surface area contributed by atoms with Crippen LogP contribution in [-0.4, -0.2) is 61.6 Å². The highest BCUT2D eigenvalue weighted by atomic mass is 35.5. The molecular formula is C24H31ClN4O4S. The number of imide groups is 1. The Kier molecular flexibility index (Phi) is 8.02. The second kappa shape index (κ2) is 10.4. The van der Waals surface area contributed by atoms with E-state index in [1.54, 1.807) is 12.1 Å². The number of carbonyl (C=O) groups is 2. The lowest BCUT2D eigenvalue weighted by atomic mass is 9.87. The zero-order chi connectivity index (χ0) is 23.6. The summed E-state index contributed by atoms with van der Waals surface area (Å²) in [6.45, 7) is 2.38. The summed E-state index contributed by atoms with van der Waals surface area (Å²) in [6.07, 6.45) is 3.08. The molecule has 0 aromatic heterocycles. The minimum Gasteiger partial charge on any atom is -0.324 e. The van der Waals surface area contributed by atoms with Crippen LogP contribution in [0.5, 0.6) is 0 Å². The predicted octanol–water partition coefficient (Wildman–Crippen LogP) is 2.49. The maximum absolute atomic E-state index is 13.2. The van der Waals surface area contributed by atoms with Crippen LogP contribution < -0.4 is 11.1 Å². The Bertz CT molecular complexity index is 1120. The van der Waals surface area contributed by atoms with E-state index in [9.17, 15) is 18.0 Å². The molecule has 2 saturated heterocycles. The Morgan fingerprint density at radius 2 is 1.65 bits per heavy atom. The molecule has 0 radical (unpaired) electrons. The fourth-order valence-corrected chi connectivity index (χ4v) is 5.16. The summed E-state index contributed by atoms with van der Waals surface area (Å²) in [5, 5.41) is 2.93. The number of sulfone groups is 1. The van der Waals surface area contributed by atoms with Crippen molar-refractivity contribution in [3.05, 3.63) is 65.7 Å². The number of hydrogen-bond acceptors (Lipinski definition) is 6. The number of benzene rings is 2. The molecule has 0 saturated carbocycles. The number of urea groups is 1. The van der Waals surface area contributed by atoms with Crippen LogP contribution in [-0.2, 0) is 21.2 Å². The predicted molar refractivity (Wildman–Crippen MR) is 132 cm³/mol. The van der Waals surface area contributed by atoms with Crippen molar-refractivity contribution < 1.29 is 18.0 Å². The molecule has 2 aromatic carbocycles. The third-order valence-corrected chi connectivity index (χ3v) is 7.76. The number of likely N-dealkylation sites (tertiary alicyclic amines) is 1. The quantitative estimate of drug-likeness (QED) is 0.558. The molecule has 2 fully saturated rings. The van der Waals surface area contributed by atoms with Gasteiger partial charge in [-0.3, -0.25) is 9.69 Å². The van der Waals surface area contributed by atoms with E-state index in [-0.39, 0.29) is 35.8 Å². The van der Waals surface area contributed by atoms with Crippen molar-refractivity contribution in [1.29, 1.82) is 0 Å². The smallest absolute Gasteiger partial charge is 0.324 e. The average Bonchev–Trinajstić information content (AvgIpc) is 3.03. The maximum Gasteiger partial charge on any atom is 0.325 e. The molecule has 2 aliphatic rings. The van der Waals surface area contributed by atoms with Crippen LogP contribution in [0.4, 0.5) is 4.79 Å². The SMILES string of the molecule is CS(=O)(=O)c1ccc(CN2C(=O)NC3(CCN(CC[C@H](N)c4ccccc4)CC3)C2=O)cc1.Cl. The molecule has 1 atom stereocenters. The fourth-order valence-electron chi connectivity index (χ4n) is 4.53. The third-order valence-electron chi connectivity index (χ3n) is 6.63. The van der Waals surface area contributed by atoms with Crippen molar-refractivity contribution in [2.75, 3.05) is 25.9 Å². The van der Waals surface area contributed by atoms with Gasteiger partial charge in [-0.05, 0) is 49.1 Å². The zero-order valence-electron chi connectivity index (χ0n) is 19.1. The molecule has 0 bridgehead atoms. The van der Waals surface area contributed by atoms with Gasteiger partial charge in [0.2, 0.25) is 0 Å². The topological polar surface area (TPSA) is 113 Å². The van der Waals surface area contributed by atoms with Crippen LogP contribution in [0.3, 0.4) is 0 Å². The Labute approximate surface area is 206 Å². The van der Waals surface area contributed by atoms with Gasteiger partial charge in [0.15, 0.2) is 9.84 Å². The van der Waals surface area contributed by atoms with Crippen molar-refractivity contribution in [1.82, 2.24) is 15.1 Å². The van der Waals surface area contributed by atoms with E-state index in [0.29, 0.717) is 31.5 Å². The Morgan fingerprint density at radius 1 is 1.03 bits per heavy atom. The first kappa shape index (κ1) is 26.2. The van der Waals surface area contributed by atoms with Crippen LogP contribution >= 0.6 is 12.4 Å². The van der Waals surface area contributed by atoms with Crippen molar-refractivity contribution in [2.24, 2.45) is 5.73 Å². The van der Waals surface area contributed by atoms with E-state index in [2.05, 4.69) is 10.2 Å². The molecular weight excluding hydrogens is 476 g/mol. The van der Waals surface area contributed by atoms with Gasteiger partial charge in [0.25, 0.3) is 5.91 Å². The fraction of sp³-hybridized carbons (Fsp3) is 0.417. The molecule has 0 unspecified atom stereocenters. The number of carbonyl (C=O) groups excluding carboxylic acids is 2. The van der Waals surface area contributed by atoms with Gasteiger partial charge in [0.1, 0.15) is 5.54 Å². The molecule has 8 nitrogen and oxygen atoms in total. The van der Waals surface area contributed by atoms with Gasteiger partial charge < -0.3 is 16.0 Å². The number of amides is 3. The van der Waals surface area contributed by atoms with Gasteiger partial charge in [-0.15, -0.1) is 12.4 Å². The normalized spacial score (nSPS) is 19.1. The maximum atomic E-state index is 13.2. The summed E-state index contributed by atoms with van der Waals surface area (Å²) in [4.78, 5) is 29.5. The van der Waals surface area contributed by atoms with Crippen LogP contribution in [0.25, 0.3) is 0 Å². The molecule has 0 aliphatic carbocycles. The lowest BCUT2D eigenvalue weighted by Gasteiger charge is -2.37. The van der Waals surface area contributed by atoms with Gasteiger partial charge in [0, 0.05) is 25.4 Å². The molecule has 10 heteroatoms. The van der Waals surface area contributed by atoms with Gasteiger partial charge in [-0.2, -0.15) is 0 Å². The highest BCUT2D eigenvalue weighted by molar-refractivity contribution is 7.90. The van der Waals surface area contributed by atoms with Gasteiger partial charge in [-0.1, -0.05) is 42.5 Å². The van der Waals surface area contributed by atoms with Gasteiger partial charge >= 0.3 is 6.03 Å². The molecule has 2 aromatic rings. The molecule has 3 amide bonds. The summed E-state index contributed by atoms with van der Waals surface area (Å²) in [5.74, 6) is -0.208. The zero-order valence-corrected chi connectivity index (χ0v) is 20.8. The van der Waals surface area contributed by atoms with E-state index in [1.807, 2.05) is 30.3 Å². The van der Waals surface area contributed by atoms with Gasteiger partial charge in [-0.25, -0.2) is 13.2 Å². The second-order valence-electron chi connectivity index (χ2n) is 8.97. The van der Waals surface area contributed by atoms with Crippen LogP contribution in [0.1, 0.15) is 36.4 Å². The van der Waals surface area contributed by atoms with Crippen LogP contribution in [0.15, 0.2) is 59.5 Å². The Morgan fingerprint density at radius 3 is 2.24 bits per heavy atom. The lowest BCUT2D eigenvalue weighted by Crippen LogP contribution is -2.55. The Hall–Kier alpha value is -2.46. The second-order valence-corrected chi connectivity index (χ2v) is 11.0. The number of nitrogens with zero attached hydrogens (tertiary/aromatic N) is 2. The average molecular weight is 507 g/mol. The van der Waals surface area contributed by atoms with E-state index in [4.69, 9.17) is 5.73 Å². The number of nitrogens with one attached hydrogen (secondary N) is 1. The highest BCUT2D eigenvalue weighted by Gasteiger charge is 2.52. The number of rotatable bonds is 7.